The van der Waals surface area contributed by atoms with Crippen LogP contribution in [-0.4, -0.2) is 31.0 Å². The molecule has 0 fully saturated rings. The molecule has 0 aromatic carbocycles. The third-order valence-corrected chi connectivity index (χ3v) is 2.29. The van der Waals surface area contributed by atoms with E-state index in [2.05, 4.69) is 9.72 Å². The molecule has 0 unspecified atom stereocenters. The van der Waals surface area contributed by atoms with Crippen LogP contribution in [0.4, 0.5) is 19.0 Å². The number of aromatic nitrogens is 1. The van der Waals surface area contributed by atoms with Gasteiger partial charge in [-0.3, -0.25) is 0 Å². The first kappa shape index (κ1) is 14.6. The molecule has 0 amide bonds. The van der Waals surface area contributed by atoms with E-state index in [4.69, 9.17) is 5.73 Å². The standard InChI is InChI=1S/C11H16F3N3O/c1-2-17(7-3-6-15)10-5-4-9(8-16-10)18-11(12,13)14/h4-5,8H,2-3,6-7,15H2,1H3. The summed E-state index contributed by atoms with van der Waals surface area (Å²) in [5.74, 6) is 0.293. The van der Waals surface area contributed by atoms with Crippen molar-refractivity contribution in [3.63, 3.8) is 0 Å². The average Bonchev–Trinajstić information content (AvgIpc) is 2.30. The van der Waals surface area contributed by atoms with E-state index in [-0.39, 0.29) is 5.75 Å². The van der Waals surface area contributed by atoms with E-state index in [1.807, 2.05) is 11.8 Å². The highest BCUT2D eigenvalue weighted by atomic mass is 19.4. The summed E-state index contributed by atoms with van der Waals surface area (Å²) in [6.45, 7) is 3.94. The highest BCUT2D eigenvalue weighted by Crippen LogP contribution is 2.23. The number of pyridine rings is 1. The minimum atomic E-state index is -4.69. The van der Waals surface area contributed by atoms with E-state index >= 15 is 0 Å². The Kier molecular flexibility index (Phi) is 5.21. The minimum absolute atomic E-state index is 0.318. The van der Waals surface area contributed by atoms with Gasteiger partial charge in [0.05, 0.1) is 6.20 Å². The van der Waals surface area contributed by atoms with Gasteiger partial charge < -0.3 is 15.4 Å². The maximum absolute atomic E-state index is 12.0. The molecule has 0 radical (unpaired) electrons. The van der Waals surface area contributed by atoms with Crippen molar-refractivity contribution < 1.29 is 17.9 Å². The van der Waals surface area contributed by atoms with Gasteiger partial charge in [-0.15, -0.1) is 13.2 Å². The van der Waals surface area contributed by atoms with Crippen molar-refractivity contribution in [2.24, 2.45) is 5.73 Å². The minimum Gasteiger partial charge on any atom is -0.404 e. The summed E-state index contributed by atoms with van der Waals surface area (Å²) < 4.78 is 39.6. The van der Waals surface area contributed by atoms with Crippen molar-refractivity contribution in [3.05, 3.63) is 18.3 Å². The number of anilines is 1. The van der Waals surface area contributed by atoms with Gasteiger partial charge in [0.2, 0.25) is 0 Å². The molecule has 2 N–H and O–H groups in total. The normalized spacial score (nSPS) is 11.4. The predicted molar refractivity (Wildman–Crippen MR) is 62.5 cm³/mol. The fourth-order valence-corrected chi connectivity index (χ4v) is 1.47. The molecule has 1 aromatic heterocycles. The summed E-state index contributed by atoms with van der Waals surface area (Å²) >= 11 is 0. The molecule has 0 saturated carbocycles. The van der Waals surface area contributed by atoms with Crippen LogP contribution in [0, 0.1) is 0 Å². The van der Waals surface area contributed by atoms with Crippen molar-refractivity contribution in [1.29, 1.82) is 0 Å². The van der Waals surface area contributed by atoms with Gasteiger partial charge in [0.1, 0.15) is 11.6 Å². The van der Waals surface area contributed by atoms with Crippen LogP contribution < -0.4 is 15.4 Å². The van der Waals surface area contributed by atoms with Crippen molar-refractivity contribution in [2.75, 3.05) is 24.5 Å². The number of hydrogen-bond donors (Lipinski definition) is 1. The molecule has 0 saturated heterocycles. The monoisotopic (exact) mass is 263 g/mol. The van der Waals surface area contributed by atoms with E-state index in [0.29, 0.717) is 18.9 Å². The molecule has 1 aromatic rings. The molecule has 1 heterocycles. The van der Waals surface area contributed by atoms with E-state index in [1.54, 1.807) is 0 Å². The largest absolute Gasteiger partial charge is 0.573 e. The van der Waals surface area contributed by atoms with Gasteiger partial charge in [-0.2, -0.15) is 0 Å². The Morgan fingerprint density at radius 1 is 1.39 bits per heavy atom. The molecule has 0 bridgehead atoms. The summed E-state index contributed by atoms with van der Waals surface area (Å²) in [6.07, 6.45) is -2.82. The smallest absolute Gasteiger partial charge is 0.404 e. The molecule has 0 aliphatic rings. The molecule has 1 rings (SSSR count). The van der Waals surface area contributed by atoms with Crippen LogP contribution in [0.1, 0.15) is 13.3 Å². The summed E-state index contributed by atoms with van der Waals surface area (Å²) in [5.41, 5.74) is 5.41. The van der Waals surface area contributed by atoms with Gasteiger partial charge in [-0.05, 0) is 32.0 Å². The number of ether oxygens (including phenoxy) is 1. The maximum atomic E-state index is 12.0. The molecule has 4 nitrogen and oxygen atoms in total. The van der Waals surface area contributed by atoms with E-state index in [1.165, 1.54) is 12.1 Å². The molecule has 7 heteroatoms. The quantitative estimate of drug-likeness (QED) is 0.854. The van der Waals surface area contributed by atoms with Gasteiger partial charge in [-0.1, -0.05) is 0 Å². The molecule has 0 aliphatic heterocycles. The second kappa shape index (κ2) is 6.44. The zero-order chi connectivity index (χ0) is 13.6. The summed E-state index contributed by atoms with van der Waals surface area (Å²) in [6, 6.07) is 2.75. The Hall–Kier alpha value is -1.50. The Labute approximate surface area is 104 Å². The first-order chi connectivity index (χ1) is 8.46. The zero-order valence-electron chi connectivity index (χ0n) is 10.1. The highest BCUT2D eigenvalue weighted by Gasteiger charge is 2.31. The first-order valence-electron chi connectivity index (χ1n) is 5.63. The molecule has 18 heavy (non-hydrogen) atoms. The fourth-order valence-electron chi connectivity index (χ4n) is 1.47. The molecule has 102 valence electrons. The number of nitrogens with two attached hydrogens (primary N) is 1. The number of hydrogen-bond acceptors (Lipinski definition) is 4. The molecular formula is C11H16F3N3O. The lowest BCUT2D eigenvalue weighted by Crippen LogP contribution is -2.26. The van der Waals surface area contributed by atoms with Gasteiger partial charge in [0, 0.05) is 13.1 Å². The maximum Gasteiger partial charge on any atom is 0.573 e. The average molecular weight is 263 g/mol. The summed E-state index contributed by atoms with van der Waals surface area (Å²) in [5, 5.41) is 0. The molecule has 0 atom stereocenters. The lowest BCUT2D eigenvalue weighted by Gasteiger charge is -2.21. The topological polar surface area (TPSA) is 51.4 Å². The van der Waals surface area contributed by atoms with Gasteiger partial charge in [0.15, 0.2) is 0 Å². The Morgan fingerprint density at radius 2 is 2.11 bits per heavy atom. The second-order valence-corrected chi connectivity index (χ2v) is 3.62. The van der Waals surface area contributed by atoms with Crippen LogP contribution in [0.15, 0.2) is 18.3 Å². The first-order valence-corrected chi connectivity index (χ1v) is 5.63. The number of halogens is 3. The van der Waals surface area contributed by atoms with Crippen LogP contribution in [-0.2, 0) is 0 Å². The third-order valence-electron chi connectivity index (χ3n) is 2.29. The number of alkyl halides is 3. The van der Waals surface area contributed by atoms with Gasteiger partial charge in [0.25, 0.3) is 0 Å². The van der Waals surface area contributed by atoms with E-state index < -0.39 is 6.36 Å². The Morgan fingerprint density at radius 3 is 2.56 bits per heavy atom. The number of rotatable bonds is 6. The van der Waals surface area contributed by atoms with E-state index in [0.717, 1.165) is 19.2 Å². The van der Waals surface area contributed by atoms with Crippen LogP contribution in [0.5, 0.6) is 5.75 Å². The third kappa shape index (κ3) is 4.79. The SMILES string of the molecule is CCN(CCCN)c1ccc(OC(F)(F)F)cn1. The lowest BCUT2D eigenvalue weighted by atomic mass is 10.3. The number of nitrogens with zero attached hydrogens (tertiary/aromatic N) is 2. The van der Waals surface area contributed by atoms with Crippen LogP contribution in [0.25, 0.3) is 0 Å². The molecule has 0 spiro atoms. The van der Waals surface area contributed by atoms with Crippen molar-refractivity contribution in [2.45, 2.75) is 19.7 Å². The summed E-state index contributed by atoms with van der Waals surface area (Å²) in [7, 11) is 0. The summed E-state index contributed by atoms with van der Waals surface area (Å²) in [4.78, 5) is 5.88. The lowest BCUT2D eigenvalue weighted by molar-refractivity contribution is -0.274. The van der Waals surface area contributed by atoms with Crippen LogP contribution in [0.2, 0.25) is 0 Å². The van der Waals surface area contributed by atoms with Crippen molar-refractivity contribution >= 4 is 5.82 Å². The Bertz CT molecular complexity index is 354. The van der Waals surface area contributed by atoms with Gasteiger partial charge in [-0.25, -0.2) is 4.98 Å². The van der Waals surface area contributed by atoms with Crippen LogP contribution >= 0.6 is 0 Å². The van der Waals surface area contributed by atoms with E-state index in [9.17, 15) is 13.2 Å². The van der Waals surface area contributed by atoms with Crippen molar-refractivity contribution in [3.8, 4) is 5.75 Å². The van der Waals surface area contributed by atoms with Gasteiger partial charge >= 0.3 is 6.36 Å². The zero-order valence-corrected chi connectivity index (χ0v) is 10.1. The highest BCUT2D eigenvalue weighted by molar-refractivity contribution is 5.40. The van der Waals surface area contributed by atoms with Crippen molar-refractivity contribution in [1.82, 2.24) is 4.98 Å². The molecular weight excluding hydrogens is 247 g/mol. The van der Waals surface area contributed by atoms with Crippen LogP contribution in [0.3, 0.4) is 0 Å². The predicted octanol–water partition coefficient (Wildman–Crippen LogP) is 2.16. The molecule has 0 aliphatic carbocycles. The second-order valence-electron chi connectivity index (χ2n) is 3.62. The fraction of sp³-hybridized carbons (Fsp3) is 0.545. The Balaban J connectivity index is 2.68.